The zero-order chi connectivity index (χ0) is 16.5. The summed E-state index contributed by atoms with van der Waals surface area (Å²) >= 11 is 0. The van der Waals surface area contributed by atoms with Gasteiger partial charge in [-0.15, -0.1) is 0 Å². The minimum absolute atomic E-state index is 0.0341. The van der Waals surface area contributed by atoms with Gasteiger partial charge in [-0.2, -0.15) is 0 Å². The van der Waals surface area contributed by atoms with Gasteiger partial charge in [-0.05, 0) is 31.4 Å². The van der Waals surface area contributed by atoms with E-state index in [-0.39, 0.29) is 11.3 Å². The Bertz CT molecular complexity index is 810. The molecule has 0 radical (unpaired) electrons. The minimum atomic E-state index is -0.0341. The number of hydrogen-bond donors (Lipinski definition) is 1. The van der Waals surface area contributed by atoms with Crippen LogP contribution in [0.25, 0.3) is 0 Å². The first-order valence-corrected chi connectivity index (χ1v) is 8.77. The standard InChI is InChI=1S/C20H22N2O2/c1-3-12-10-22-7-6-20-16-5-4-13(24-2)8-17(16)21-19(20)15(11-23)14(12)9-18(20)22/h3-5,8,11,14,18,21H,6-7,9-10H2,1-2H3/t14-,18-,20+/m0/s1. The molecule has 3 heterocycles. The Morgan fingerprint density at radius 3 is 3.04 bits per heavy atom. The van der Waals surface area contributed by atoms with Crippen molar-refractivity contribution in [2.75, 3.05) is 25.5 Å². The van der Waals surface area contributed by atoms with E-state index in [1.165, 1.54) is 11.1 Å². The second-order valence-corrected chi connectivity index (χ2v) is 7.34. The molecule has 1 N–H and O–H groups in total. The summed E-state index contributed by atoms with van der Waals surface area (Å²) in [5.74, 6) is 1.13. The predicted molar refractivity (Wildman–Crippen MR) is 93.2 cm³/mol. The van der Waals surface area contributed by atoms with Crippen molar-refractivity contribution in [2.24, 2.45) is 5.92 Å². The number of carbonyl (C=O) groups is 1. The van der Waals surface area contributed by atoms with Gasteiger partial charge in [0.1, 0.15) is 12.0 Å². The first kappa shape index (κ1) is 14.3. The minimum Gasteiger partial charge on any atom is -0.497 e. The number of ether oxygens (including phenoxy) is 1. The van der Waals surface area contributed by atoms with Crippen molar-refractivity contribution in [3.05, 3.63) is 46.7 Å². The van der Waals surface area contributed by atoms with Crippen molar-refractivity contribution in [2.45, 2.75) is 31.2 Å². The van der Waals surface area contributed by atoms with Gasteiger partial charge in [0, 0.05) is 48.1 Å². The van der Waals surface area contributed by atoms with Crippen LogP contribution in [-0.4, -0.2) is 37.4 Å². The average Bonchev–Trinajstić information content (AvgIpc) is 3.17. The summed E-state index contributed by atoms with van der Waals surface area (Å²) in [6.07, 6.45) is 5.46. The van der Waals surface area contributed by atoms with Crippen LogP contribution in [0.3, 0.4) is 0 Å². The molecule has 0 saturated carbocycles. The van der Waals surface area contributed by atoms with Crippen LogP contribution in [0.4, 0.5) is 5.69 Å². The second-order valence-electron chi connectivity index (χ2n) is 7.34. The molecule has 2 saturated heterocycles. The third-order valence-electron chi connectivity index (χ3n) is 6.67. The van der Waals surface area contributed by atoms with E-state index in [0.29, 0.717) is 6.04 Å². The van der Waals surface area contributed by atoms with E-state index >= 15 is 0 Å². The Morgan fingerprint density at radius 1 is 1.42 bits per heavy atom. The van der Waals surface area contributed by atoms with Gasteiger partial charge in [0.05, 0.1) is 12.5 Å². The molecule has 0 unspecified atom stereocenters. The Morgan fingerprint density at radius 2 is 2.29 bits per heavy atom. The fourth-order valence-electron chi connectivity index (χ4n) is 5.61. The average molecular weight is 322 g/mol. The van der Waals surface area contributed by atoms with Crippen molar-refractivity contribution in [1.82, 2.24) is 4.90 Å². The Balaban J connectivity index is 1.78. The molecule has 1 aliphatic carbocycles. The molecular formula is C20H22N2O2. The van der Waals surface area contributed by atoms with E-state index in [9.17, 15) is 4.79 Å². The lowest BCUT2D eigenvalue weighted by Crippen LogP contribution is -2.52. The number of fused-ring (bicyclic) bond motifs is 2. The second kappa shape index (κ2) is 4.73. The van der Waals surface area contributed by atoms with Gasteiger partial charge in [-0.25, -0.2) is 0 Å². The number of benzene rings is 1. The third-order valence-corrected chi connectivity index (χ3v) is 6.67. The number of rotatable bonds is 2. The van der Waals surface area contributed by atoms with Gasteiger partial charge in [-0.3, -0.25) is 9.69 Å². The van der Waals surface area contributed by atoms with Gasteiger partial charge in [0.2, 0.25) is 0 Å². The third kappa shape index (κ3) is 1.50. The smallest absolute Gasteiger partial charge is 0.148 e. The molecule has 124 valence electrons. The topological polar surface area (TPSA) is 41.6 Å². The Hall–Kier alpha value is -2.07. The SMILES string of the molecule is CC=C1CN2CC[C@]34C(=C(C=O)[C@H]1C[C@H]23)Nc1cc(OC)ccc14. The van der Waals surface area contributed by atoms with E-state index < -0.39 is 0 Å². The lowest BCUT2D eigenvalue weighted by molar-refractivity contribution is -0.105. The Labute approximate surface area is 142 Å². The monoisotopic (exact) mass is 322 g/mol. The molecule has 1 aromatic rings. The summed E-state index contributed by atoms with van der Waals surface area (Å²) in [5.41, 5.74) is 5.94. The van der Waals surface area contributed by atoms with Gasteiger partial charge >= 0.3 is 0 Å². The summed E-state index contributed by atoms with van der Waals surface area (Å²) in [4.78, 5) is 14.7. The van der Waals surface area contributed by atoms with E-state index in [2.05, 4.69) is 35.3 Å². The van der Waals surface area contributed by atoms with Gasteiger partial charge < -0.3 is 10.1 Å². The quantitative estimate of drug-likeness (QED) is 0.671. The molecule has 1 aromatic carbocycles. The fourth-order valence-corrected chi connectivity index (χ4v) is 5.61. The van der Waals surface area contributed by atoms with Crippen LogP contribution in [0.1, 0.15) is 25.3 Å². The van der Waals surface area contributed by atoms with Crippen molar-refractivity contribution in [3.63, 3.8) is 0 Å². The summed E-state index contributed by atoms with van der Waals surface area (Å²) in [6, 6.07) is 6.81. The number of nitrogens with zero attached hydrogens (tertiary/aromatic N) is 1. The molecule has 3 atom stereocenters. The summed E-state index contributed by atoms with van der Waals surface area (Å²) < 4.78 is 5.40. The molecule has 24 heavy (non-hydrogen) atoms. The maximum atomic E-state index is 12.0. The van der Waals surface area contributed by atoms with Crippen molar-refractivity contribution in [3.8, 4) is 5.75 Å². The van der Waals surface area contributed by atoms with Crippen LogP contribution in [0.5, 0.6) is 5.75 Å². The fraction of sp³-hybridized carbons (Fsp3) is 0.450. The highest BCUT2D eigenvalue weighted by Gasteiger charge is 2.61. The van der Waals surface area contributed by atoms with Crippen LogP contribution in [0.15, 0.2) is 41.1 Å². The van der Waals surface area contributed by atoms with Crippen LogP contribution in [0, 0.1) is 5.92 Å². The molecular weight excluding hydrogens is 300 g/mol. The highest BCUT2D eigenvalue weighted by Crippen LogP contribution is 2.61. The van der Waals surface area contributed by atoms with E-state index in [0.717, 1.165) is 54.9 Å². The maximum Gasteiger partial charge on any atom is 0.148 e. The molecule has 0 aromatic heterocycles. The lowest BCUT2D eigenvalue weighted by atomic mass is 9.62. The number of anilines is 1. The number of carbonyl (C=O) groups excluding carboxylic acids is 1. The number of hydrogen-bond acceptors (Lipinski definition) is 4. The molecule has 0 amide bonds. The zero-order valence-electron chi connectivity index (χ0n) is 14.1. The van der Waals surface area contributed by atoms with E-state index in [1.807, 2.05) is 6.07 Å². The highest BCUT2D eigenvalue weighted by atomic mass is 16.5. The van der Waals surface area contributed by atoms with Crippen LogP contribution in [-0.2, 0) is 10.2 Å². The molecule has 4 heteroatoms. The number of aldehydes is 1. The number of nitrogens with one attached hydrogen (secondary N) is 1. The molecule has 5 rings (SSSR count). The summed E-state index contributed by atoms with van der Waals surface area (Å²) in [6.45, 7) is 4.20. The number of allylic oxidation sites excluding steroid dienone is 2. The maximum absolute atomic E-state index is 12.0. The predicted octanol–water partition coefficient (Wildman–Crippen LogP) is 2.87. The molecule has 3 aliphatic heterocycles. The lowest BCUT2D eigenvalue weighted by Gasteiger charge is -2.48. The van der Waals surface area contributed by atoms with Crippen LogP contribution < -0.4 is 10.1 Å². The molecule has 4 aliphatic rings. The van der Waals surface area contributed by atoms with Crippen molar-refractivity contribution < 1.29 is 9.53 Å². The zero-order valence-corrected chi connectivity index (χ0v) is 14.1. The van der Waals surface area contributed by atoms with E-state index in [4.69, 9.17) is 4.74 Å². The van der Waals surface area contributed by atoms with E-state index in [1.54, 1.807) is 7.11 Å². The normalized spacial score (nSPS) is 34.8. The summed E-state index contributed by atoms with van der Waals surface area (Å²) in [5, 5.41) is 3.62. The molecule has 2 bridgehead atoms. The van der Waals surface area contributed by atoms with Crippen LogP contribution >= 0.6 is 0 Å². The number of methoxy groups -OCH3 is 1. The number of piperidine rings is 1. The molecule has 4 nitrogen and oxygen atoms in total. The van der Waals surface area contributed by atoms with Gasteiger partial charge in [0.25, 0.3) is 0 Å². The first-order chi connectivity index (χ1) is 11.7. The summed E-state index contributed by atoms with van der Waals surface area (Å²) in [7, 11) is 1.70. The molecule has 2 fully saturated rings. The van der Waals surface area contributed by atoms with Crippen LogP contribution in [0.2, 0.25) is 0 Å². The first-order valence-electron chi connectivity index (χ1n) is 8.77. The largest absolute Gasteiger partial charge is 0.497 e. The molecule has 1 spiro atoms. The van der Waals surface area contributed by atoms with Crippen molar-refractivity contribution >= 4 is 12.0 Å². The van der Waals surface area contributed by atoms with Crippen molar-refractivity contribution in [1.29, 1.82) is 0 Å². The highest BCUT2D eigenvalue weighted by molar-refractivity contribution is 5.85. The van der Waals surface area contributed by atoms with Gasteiger partial charge in [-0.1, -0.05) is 17.7 Å². The van der Waals surface area contributed by atoms with Gasteiger partial charge in [0.15, 0.2) is 0 Å². The Kier molecular flexibility index (Phi) is 2.82.